The number of amides is 1. The molecule has 8 nitrogen and oxygen atoms in total. The molecule has 0 bridgehead atoms. The zero-order chi connectivity index (χ0) is 20.5. The van der Waals surface area contributed by atoms with Crippen molar-refractivity contribution in [3.05, 3.63) is 36.2 Å². The minimum atomic E-state index is -3.31. The van der Waals surface area contributed by atoms with Gasteiger partial charge in [0.25, 0.3) is 0 Å². The molecule has 152 valence electrons. The molecule has 2 aromatic rings. The summed E-state index contributed by atoms with van der Waals surface area (Å²) in [5.74, 6) is 0.541. The van der Waals surface area contributed by atoms with Gasteiger partial charge in [-0.05, 0) is 25.0 Å². The molecule has 1 amide bonds. The van der Waals surface area contributed by atoms with Crippen molar-refractivity contribution < 1.29 is 13.2 Å². The monoisotopic (exact) mass is 405 g/mol. The number of carbonyl (C=O) groups is 1. The highest BCUT2D eigenvalue weighted by molar-refractivity contribution is 7.88. The molecule has 3 heterocycles. The Hall–Kier alpha value is -2.26. The predicted octanol–water partition coefficient (Wildman–Crippen LogP) is 2.17. The number of carbonyl (C=O) groups excluding carboxylic acids is 1. The topological polar surface area (TPSA) is 97.2 Å². The summed E-state index contributed by atoms with van der Waals surface area (Å²) in [6.07, 6.45) is 4.17. The minimum Gasteiger partial charge on any atom is -0.310 e. The van der Waals surface area contributed by atoms with Gasteiger partial charge in [-0.1, -0.05) is 26.8 Å². The molecule has 0 aliphatic carbocycles. The molecular formula is C19H27N5O3S. The molecule has 0 radical (unpaired) electrons. The number of sulfonamides is 1. The van der Waals surface area contributed by atoms with Crippen molar-refractivity contribution in [2.75, 3.05) is 24.7 Å². The number of pyridine rings is 1. The molecule has 1 N–H and O–H groups in total. The fourth-order valence-corrected chi connectivity index (χ4v) is 4.09. The maximum Gasteiger partial charge on any atom is 0.229 e. The first-order valence-electron chi connectivity index (χ1n) is 9.33. The van der Waals surface area contributed by atoms with Gasteiger partial charge in [-0.25, -0.2) is 17.7 Å². The summed E-state index contributed by atoms with van der Waals surface area (Å²) in [4.78, 5) is 17.2. The Balaban J connectivity index is 1.87. The van der Waals surface area contributed by atoms with E-state index in [9.17, 15) is 13.2 Å². The zero-order valence-corrected chi connectivity index (χ0v) is 17.5. The number of aromatic nitrogens is 3. The van der Waals surface area contributed by atoms with Gasteiger partial charge in [0.2, 0.25) is 15.9 Å². The molecule has 2 aromatic heterocycles. The van der Waals surface area contributed by atoms with Crippen molar-refractivity contribution in [1.29, 1.82) is 0 Å². The van der Waals surface area contributed by atoms with Crippen LogP contribution in [0.3, 0.4) is 0 Å². The standard InChI is InChI=1S/C19H27N5O3S/c1-19(2,3)15-12-17(24(22-15)16-9-5-6-10-20-16)21-18(25)14-8-7-11-23(13-14)28(4,26)27/h5-6,9-10,12,14H,7-8,11,13H2,1-4H3,(H,21,25). The lowest BCUT2D eigenvalue weighted by atomic mass is 9.92. The summed E-state index contributed by atoms with van der Waals surface area (Å²) in [5, 5.41) is 7.58. The third-order valence-corrected chi connectivity index (χ3v) is 6.09. The number of nitrogens with zero attached hydrogens (tertiary/aromatic N) is 4. The smallest absolute Gasteiger partial charge is 0.229 e. The van der Waals surface area contributed by atoms with Crippen LogP contribution in [-0.2, 0) is 20.2 Å². The van der Waals surface area contributed by atoms with Gasteiger partial charge in [-0.3, -0.25) is 4.79 Å². The first-order chi connectivity index (χ1) is 13.1. The summed E-state index contributed by atoms with van der Waals surface area (Å²) in [7, 11) is -3.31. The molecule has 1 aliphatic heterocycles. The van der Waals surface area contributed by atoms with Crippen molar-refractivity contribution >= 4 is 21.7 Å². The van der Waals surface area contributed by atoms with Crippen molar-refractivity contribution in [1.82, 2.24) is 19.1 Å². The normalized spacial score (nSPS) is 18.8. The van der Waals surface area contributed by atoms with E-state index in [0.29, 0.717) is 31.0 Å². The molecule has 0 aromatic carbocycles. The second-order valence-corrected chi connectivity index (χ2v) is 10.2. The third-order valence-electron chi connectivity index (χ3n) is 4.82. The number of hydrogen-bond acceptors (Lipinski definition) is 5. The van der Waals surface area contributed by atoms with Gasteiger partial charge in [0.1, 0.15) is 5.82 Å². The molecule has 28 heavy (non-hydrogen) atoms. The zero-order valence-electron chi connectivity index (χ0n) is 16.7. The Labute approximate surface area is 166 Å². The fourth-order valence-electron chi connectivity index (χ4n) is 3.18. The van der Waals surface area contributed by atoms with Crippen LogP contribution >= 0.6 is 0 Å². The van der Waals surface area contributed by atoms with Crippen LogP contribution in [0.25, 0.3) is 5.82 Å². The van der Waals surface area contributed by atoms with Gasteiger partial charge in [-0.2, -0.15) is 9.78 Å². The van der Waals surface area contributed by atoms with E-state index in [1.165, 1.54) is 10.6 Å². The molecular weight excluding hydrogens is 378 g/mol. The molecule has 9 heteroatoms. The Morgan fingerprint density at radius 1 is 1.29 bits per heavy atom. The van der Waals surface area contributed by atoms with E-state index in [1.807, 2.05) is 24.3 Å². The highest BCUT2D eigenvalue weighted by Crippen LogP contribution is 2.27. The largest absolute Gasteiger partial charge is 0.310 e. The Bertz CT molecular complexity index is 948. The summed E-state index contributed by atoms with van der Waals surface area (Å²) in [5.41, 5.74) is 0.632. The van der Waals surface area contributed by atoms with Crippen LogP contribution < -0.4 is 5.32 Å². The number of anilines is 1. The van der Waals surface area contributed by atoms with Crippen LogP contribution in [0.1, 0.15) is 39.3 Å². The summed E-state index contributed by atoms with van der Waals surface area (Å²) < 4.78 is 26.7. The van der Waals surface area contributed by atoms with Crippen molar-refractivity contribution in [3.63, 3.8) is 0 Å². The van der Waals surface area contributed by atoms with Crippen LogP contribution in [-0.4, -0.2) is 52.7 Å². The lowest BCUT2D eigenvalue weighted by molar-refractivity contribution is -0.120. The van der Waals surface area contributed by atoms with Gasteiger partial charge in [0.05, 0.1) is 17.9 Å². The minimum absolute atomic E-state index is 0.197. The van der Waals surface area contributed by atoms with Crippen molar-refractivity contribution in [3.8, 4) is 5.82 Å². The SMILES string of the molecule is CC(C)(C)c1cc(NC(=O)C2CCCN(S(C)(=O)=O)C2)n(-c2ccccn2)n1. The van der Waals surface area contributed by atoms with Gasteiger partial charge in [0.15, 0.2) is 5.82 Å². The fraction of sp³-hybridized carbons (Fsp3) is 0.526. The second kappa shape index (κ2) is 7.63. The van der Waals surface area contributed by atoms with Gasteiger partial charge < -0.3 is 5.32 Å². The lowest BCUT2D eigenvalue weighted by Crippen LogP contribution is -2.43. The molecule has 1 atom stereocenters. The van der Waals surface area contributed by atoms with Crippen molar-refractivity contribution in [2.24, 2.45) is 5.92 Å². The van der Waals surface area contributed by atoms with Crippen LogP contribution in [0.4, 0.5) is 5.82 Å². The van der Waals surface area contributed by atoms with E-state index in [4.69, 9.17) is 0 Å². The molecule has 0 spiro atoms. The van der Waals surface area contributed by atoms with E-state index in [1.54, 1.807) is 10.9 Å². The molecule has 3 rings (SSSR count). The molecule has 1 unspecified atom stereocenters. The highest BCUT2D eigenvalue weighted by atomic mass is 32.2. The second-order valence-electron chi connectivity index (χ2n) is 8.21. The molecule has 1 saturated heterocycles. The maximum atomic E-state index is 12.9. The summed E-state index contributed by atoms with van der Waals surface area (Å²) in [6.45, 7) is 6.82. The van der Waals surface area contributed by atoms with Gasteiger partial charge in [-0.15, -0.1) is 0 Å². The Kier molecular flexibility index (Phi) is 5.58. The number of hydrogen-bond donors (Lipinski definition) is 1. The van der Waals surface area contributed by atoms with Crippen LogP contribution in [0.2, 0.25) is 0 Å². The van der Waals surface area contributed by atoms with E-state index in [2.05, 4.69) is 36.2 Å². The van der Waals surface area contributed by atoms with Gasteiger partial charge >= 0.3 is 0 Å². The average molecular weight is 406 g/mol. The highest BCUT2D eigenvalue weighted by Gasteiger charge is 2.31. The first-order valence-corrected chi connectivity index (χ1v) is 11.2. The van der Waals surface area contributed by atoms with E-state index < -0.39 is 15.9 Å². The molecule has 1 aliphatic rings. The van der Waals surface area contributed by atoms with Crippen LogP contribution in [0, 0.1) is 5.92 Å². The molecule has 1 fully saturated rings. The summed E-state index contributed by atoms with van der Waals surface area (Å²) >= 11 is 0. The van der Waals surface area contributed by atoms with E-state index >= 15 is 0 Å². The maximum absolute atomic E-state index is 12.9. The third kappa shape index (κ3) is 4.59. The predicted molar refractivity (Wildman–Crippen MR) is 108 cm³/mol. The number of rotatable bonds is 4. The summed E-state index contributed by atoms with van der Waals surface area (Å²) in [6, 6.07) is 7.35. The molecule has 0 saturated carbocycles. The number of piperidine rings is 1. The van der Waals surface area contributed by atoms with Crippen LogP contribution in [0.5, 0.6) is 0 Å². The van der Waals surface area contributed by atoms with E-state index in [-0.39, 0.29) is 17.9 Å². The Morgan fingerprint density at radius 2 is 2.04 bits per heavy atom. The number of nitrogens with one attached hydrogen (secondary N) is 1. The quantitative estimate of drug-likeness (QED) is 0.841. The van der Waals surface area contributed by atoms with Crippen molar-refractivity contribution in [2.45, 2.75) is 39.0 Å². The van der Waals surface area contributed by atoms with E-state index in [0.717, 1.165) is 5.69 Å². The lowest BCUT2D eigenvalue weighted by Gasteiger charge is -2.30. The first kappa shape index (κ1) is 20.5. The van der Waals surface area contributed by atoms with Crippen LogP contribution in [0.15, 0.2) is 30.5 Å². The van der Waals surface area contributed by atoms with Gasteiger partial charge in [0, 0.05) is 30.8 Å². The Morgan fingerprint density at radius 3 is 2.64 bits per heavy atom. The average Bonchev–Trinajstić information content (AvgIpc) is 3.06.